The van der Waals surface area contributed by atoms with E-state index in [4.69, 9.17) is 11.6 Å². The third kappa shape index (κ3) is 4.15. The van der Waals surface area contributed by atoms with Crippen molar-refractivity contribution < 1.29 is 9.90 Å². The Balaban J connectivity index is 1.61. The molecule has 1 N–H and O–H groups in total. The highest BCUT2D eigenvalue weighted by molar-refractivity contribution is 6.30. The number of piperazine rings is 1. The van der Waals surface area contributed by atoms with Gasteiger partial charge in [0.25, 0.3) is 0 Å². The summed E-state index contributed by atoms with van der Waals surface area (Å²) in [6.45, 7) is 4.09. The highest BCUT2D eigenvalue weighted by Crippen LogP contribution is 2.23. The van der Waals surface area contributed by atoms with E-state index in [2.05, 4.69) is 9.80 Å². The molecule has 0 spiro atoms. The highest BCUT2D eigenvalue weighted by Gasteiger charge is 2.30. The van der Waals surface area contributed by atoms with Gasteiger partial charge in [-0.3, -0.25) is 14.6 Å². The van der Waals surface area contributed by atoms with Crippen molar-refractivity contribution in [1.29, 1.82) is 0 Å². The Bertz CT molecular complexity index is 668. The maximum atomic E-state index is 11.7. The van der Waals surface area contributed by atoms with Gasteiger partial charge in [0.2, 0.25) is 0 Å². The molecule has 0 amide bonds. The van der Waals surface area contributed by atoms with Crippen LogP contribution in [-0.2, 0) is 11.3 Å². The normalized spacial score (nSPS) is 17.5. The summed E-state index contributed by atoms with van der Waals surface area (Å²) in [4.78, 5) is 16.1. The zero-order valence-electron chi connectivity index (χ0n) is 13.4. The van der Waals surface area contributed by atoms with Crippen LogP contribution in [-0.4, -0.2) is 47.1 Å². The second-order valence-electron chi connectivity index (χ2n) is 6.09. The predicted octanol–water partition coefficient (Wildman–Crippen LogP) is 3.28. The van der Waals surface area contributed by atoms with E-state index in [1.54, 1.807) is 0 Å². The number of hydrogen-bond acceptors (Lipinski definition) is 3. The number of aliphatic carboxylic acids is 1. The number of carbonyl (C=O) groups is 1. The summed E-state index contributed by atoms with van der Waals surface area (Å²) in [5.41, 5.74) is 2.07. The van der Waals surface area contributed by atoms with E-state index in [0.29, 0.717) is 0 Å². The van der Waals surface area contributed by atoms with Gasteiger partial charge in [-0.25, -0.2) is 0 Å². The fourth-order valence-corrected chi connectivity index (χ4v) is 3.30. The molecule has 0 aromatic heterocycles. The van der Waals surface area contributed by atoms with Crippen LogP contribution in [0.5, 0.6) is 0 Å². The molecule has 1 aliphatic heterocycles. The summed E-state index contributed by atoms with van der Waals surface area (Å²) in [5, 5.41) is 10.4. The first-order valence-corrected chi connectivity index (χ1v) is 8.50. The lowest BCUT2D eigenvalue weighted by Gasteiger charge is -2.37. The van der Waals surface area contributed by atoms with Gasteiger partial charge in [-0.2, -0.15) is 0 Å². The number of benzene rings is 2. The van der Waals surface area contributed by atoms with Crippen LogP contribution in [0.15, 0.2) is 54.6 Å². The van der Waals surface area contributed by atoms with Gasteiger partial charge in [-0.1, -0.05) is 54.1 Å². The number of hydrogen-bond donors (Lipinski definition) is 1. The minimum Gasteiger partial charge on any atom is -0.480 e. The van der Waals surface area contributed by atoms with Crippen LogP contribution in [0.25, 0.3) is 0 Å². The molecule has 126 valence electrons. The number of carboxylic acids is 1. The molecule has 4 nitrogen and oxygen atoms in total. The van der Waals surface area contributed by atoms with E-state index in [0.717, 1.165) is 43.3 Å². The van der Waals surface area contributed by atoms with Crippen LogP contribution in [0.2, 0.25) is 5.02 Å². The van der Waals surface area contributed by atoms with Crippen molar-refractivity contribution in [2.75, 3.05) is 26.2 Å². The smallest absolute Gasteiger partial charge is 0.325 e. The van der Waals surface area contributed by atoms with Crippen LogP contribution in [0.4, 0.5) is 0 Å². The first-order chi connectivity index (χ1) is 11.6. The Morgan fingerprint density at radius 2 is 1.62 bits per heavy atom. The summed E-state index contributed by atoms with van der Waals surface area (Å²) < 4.78 is 0. The van der Waals surface area contributed by atoms with Crippen LogP contribution in [0.3, 0.4) is 0 Å². The zero-order chi connectivity index (χ0) is 16.9. The van der Waals surface area contributed by atoms with Gasteiger partial charge in [-0.15, -0.1) is 0 Å². The molecule has 2 aromatic rings. The number of nitrogens with zero attached hydrogens (tertiary/aromatic N) is 2. The number of rotatable bonds is 5. The molecule has 1 aliphatic rings. The quantitative estimate of drug-likeness (QED) is 0.904. The zero-order valence-corrected chi connectivity index (χ0v) is 14.2. The maximum absolute atomic E-state index is 11.7. The standard InChI is InChI=1S/C19H21ClN2O2/c20-17-8-6-15(7-9-17)14-21-10-12-22(13-11-21)18(19(23)24)16-4-2-1-3-5-16/h1-9,18H,10-14H2,(H,23,24)/t18-/m0/s1. The van der Waals surface area contributed by atoms with Crippen LogP contribution in [0, 0.1) is 0 Å². The molecule has 5 heteroatoms. The molecule has 3 rings (SSSR count). The van der Waals surface area contributed by atoms with E-state index in [1.807, 2.05) is 54.6 Å². The first-order valence-electron chi connectivity index (χ1n) is 8.12. The molecule has 1 heterocycles. The minimum absolute atomic E-state index is 0.566. The Kier molecular flexibility index (Phi) is 5.51. The molecule has 24 heavy (non-hydrogen) atoms. The van der Waals surface area contributed by atoms with Gasteiger partial charge < -0.3 is 5.11 Å². The van der Waals surface area contributed by atoms with Gasteiger partial charge >= 0.3 is 5.97 Å². The van der Waals surface area contributed by atoms with Crippen molar-refractivity contribution in [3.05, 3.63) is 70.7 Å². The average Bonchev–Trinajstić information content (AvgIpc) is 2.59. The van der Waals surface area contributed by atoms with Gasteiger partial charge in [0, 0.05) is 37.7 Å². The van der Waals surface area contributed by atoms with Gasteiger partial charge in [0.1, 0.15) is 6.04 Å². The Labute approximate surface area is 147 Å². The summed E-state index contributed by atoms with van der Waals surface area (Å²) in [6.07, 6.45) is 0. The Morgan fingerprint density at radius 1 is 1.00 bits per heavy atom. The number of carboxylic acid groups (broad SMARTS) is 1. The monoisotopic (exact) mass is 344 g/mol. The maximum Gasteiger partial charge on any atom is 0.325 e. The molecular formula is C19H21ClN2O2. The van der Waals surface area contributed by atoms with E-state index in [9.17, 15) is 9.90 Å². The molecule has 0 saturated carbocycles. The van der Waals surface area contributed by atoms with E-state index in [-0.39, 0.29) is 0 Å². The van der Waals surface area contributed by atoms with Crippen molar-refractivity contribution >= 4 is 17.6 Å². The molecular weight excluding hydrogens is 324 g/mol. The second-order valence-corrected chi connectivity index (χ2v) is 6.53. The lowest BCUT2D eigenvalue weighted by atomic mass is 10.0. The largest absolute Gasteiger partial charge is 0.480 e. The summed E-state index contributed by atoms with van der Waals surface area (Å²) >= 11 is 5.92. The third-order valence-corrected chi connectivity index (χ3v) is 4.69. The third-order valence-electron chi connectivity index (χ3n) is 4.44. The molecule has 0 bridgehead atoms. The van der Waals surface area contributed by atoms with Crippen LogP contribution >= 0.6 is 11.6 Å². The fourth-order valence-electron chi connectivity index (χ4n) is 3.17. The Morgan fingerprint density at radius 3 is 2.21 bits per heavy atom. The van der Waals surface area contributed by atoms with Gasteiger partial charge in [0.15, 0.2) is 0 Å². The molecule has 2 aromatic carbocycles. The lowest BCUT2D eigenvalue weighted by Crippen LogP contribution is -2.48. The van der Waals surface area contributed by atoms with Gasteiger partial charge in [-0.05, 0) is 23.3 Å². The predicted molar refractivity (Wildman–Crippen MR) is 95.1 cm³/mol. The first kappa shape index (κ1) is 17.0. The van der Waals surface area contributed by atoms with Crippen molar-refractivity contribution in [1.82, 2.24) is 9.80 Å². The molecule has 1 saturated heterocycles. The molecule has 0 aliphatic carbocycles. The van der Waals surface area contributed by atoms with E-state index >= 15 is 0 Å². The fraction of sp³-hybridized carbons (Fsp3) is 0.316. The van der Waals surface area contributed by atoms with Crippen molar-refractivity contribution in [2.45, 2.75) is 12.6 Å². The van der Waals surface area contributed by atoms with Crippen LogP contribution < -0.4 is 0 Å². The number of halogens is 1. The van der Waals surface area contributed by atoms with Crippen molar-refractivity contribution in [3.63, 3.8) is 0 Å². The van der Waals surface area contributed by atoms with Crippen LogP contribution in [0.1, 0.15) is 17.2 Å². The van der Waals surface area contributed by atoms with E-state index in [1.165, 1.54) is 5.56 Å². The van der Waals surface area contributed by atoms with Crippen molar-refractivity contribution in [2.24, 2.45) is 0 Å². The topological polar surface area (TPSA) is 43.8 Å². The second kappa shape index (κ2) is 7.79. The van der Waals surface area contributed by atoms with Crippen molar-refractivity contribution in [3.8, 4) is 0 Å². The molecule has 1 atom stereocenters. The molecule has 1 fully saturated rings. The van der Waals surface area contributed by atoms with Gasteiger partial charge in [0.05, 0.1) is 0 Å². The summed E-state index contributed by atoms with van der Waals surface area (Å²) in [7, 11) is 0. The average molecular weight is 345 g/mol. The molecule has 0 radical (unpaired) electrons. The summed E-state index contributed by atoms with van der Waals surface area (Å²) in [6, 6.07) is 16.8. The summed E-state index contributed by atoms with van der Waals surface area (Å²) in [5.74, 6) is -0.785. The lowest BCUT2D eigenvalue weighted by molar-refractivity contribution is -0.144. The van der Waals surface area contributed by atoms with E-state index < -0.39 is 12.0 Å². The SMILES string of the molecule is O=C(O)[C@H](c1ccccc1)N1CCN(Cc2ccc(Cl)cc2)CC1. The molecule has 0 unspecified atom stereocenters. The highest BCUT2D eigenvalue weighted by atomic mass is 35.5. The minimum atomic E-state index is -0.785. The Hall–Kier alpha value is -1.88.